The van der Waals surface area contributed by atoms with E-state index in [1.807, 2.05) is 30.3 Å². The first-order valence-corrected chi connectivity index (χ1v) is 10.1. The van der Waals surface area contributed by atoms with Gasteiger partial charge < -0.3 is 15.4 Å². The smallest absolute Gasteiger partial charge is 0.234 e. The van der Waals surface area contributed by atoms with Crippen molar-refractivity contribution < 1.29 is 9.53 Å². The molecule has 0 spiro atoms. The quantitative estimate of drug-likeness (QED) is 0.702. The number of amides is 1. The van der Waals surface area contributed by atoms with Crippen LogP contribution in [0.5, 0.6) is 0 Å². The van der Waals surface area contributed by atoms with E-state index in [2.05, 4.69) is 48.3 Å². The Morgan fingerprint density at radius 2 is 2.04 bits per heavy atom. The molecule has 3 N–H and O–H groups in total. The fraction of sp³-hybridized carbons (Fsp3) is 0.435. The number of hydrogen-bond acceptors (Lipinski definition) is 4. The Morgan fingerprint density at radius 1 is 1.29 bits per heavy atom. The number of ether oxygens (including phenoxy) is 1. The number of nitrogens with zero attached hydrogens (tertiary/aromatic N) is 1. The number of fused-ring (bicyclic) bond motifs is 1. The molecule has 0 aliphatic carbocycles. The molecule has 3 unspecified atom stereocenters. The SMILES string of the molecule is CCN(CC)CCOC(c1ccccc1)C1NC(C(N)=O)Cc2c[c]ccc21. The van der Waals surface area contributed by atoms with Gasteiger partial charge >= 0.3 is 0 Å². The summed E-state index contributed by atoms with van der Waals surface area (Å²) in [6.07, 6.45) is 0.375. The Bertz CT molecular complexity index is 761. The molecular weight excluding hydrogens is 350 g/mol. The Labute approximate surface area is 167 Å². The van der Waals surface area contributed by atoms with Crippen molar-refractivity contribution in [3.05, 3.63) is 71.3 Å². The van der Waals surface area contributed by atoms with E-state index in [4.69, 9.17) is 10.5 Å². The van der Waals surface area contributed by atoms with Gasteiger partial charge in [0.1, 0.15) is 6.10 Å². The van der Waals surface area contributed by atoms with Crippen LogP contribution in [0.25, 0.3) is 0 Å². The molecule has 0 saturated heterocycles. The van der Waals surface area contributed by atoms with Crippen molar-refractivity contribution >= 4 is 5.91 Å². The molecule has 0 aromatic heterocycles. The molecule has 5 nitrogen and oxygen atoms in total. The number of likely N-dealkylation sites (N-methyl/N-ethyl adjacent to an activating group) is 1. The highest BCUT2D eigenvalue weighted by molar-refractivity contribution is 5.80. The van der Waals surface area contributed by atoms with Gasteiger partial charge in [-0.3, -0.25) is 10.1 Å². The summed E-state index contributed by atoms with van der Waals surface area (Å²) in [5.41, 5.74) is 8.98. The minimum atomic E-state index is -0.411. The number of hydrogen-bond donors (Lipinski definition) is 2. The molecule has 1 amide bonds. The fourth-order valence-electron chi connectivity index (χ4n) is 3.85. The van der Waals surface area contributed by atoms with Gasteiger partial charge in [0.15, 0.2) is 0 Å². The molecule has 149 valence electrons. The van der Waals surface area contributed by atoms with Gasteiger partial charge in [0.2, 0.25) is 5.91 Å². The van der Waals surface area contributed by atoms with Crippen LogP contribution in [0.4, 0.5) is 0 Å². The lowest BCUT2D eigenvalue weighted by atomic mass is 9.85. The van der Waals surface area contributed by atoms with E-state index in [0.29, 0.717) is 13.0 Å². The Hall–Kier alpha value is -2.21. The Balaban J connectivity index is 1.89. The predicted octanol–water partition coefficient (Wildman–Crippen LogP) is 2.63. The molecule has 28 heavy (non-hydrogen) atoms. The second-order valence-electron chi connectivity index (χ2n) is 7.16. The minimum absolute atomic E-state index is 0.144. The second-order valence-corrected chi connectivity index (χ2v) is 7.16. The van der Waals surface area contributed by atoms with Crippen LogP contribution >= 0.6 is 0 Å². The molecule has 3 rings (SSSR count). The normalized spacial score (nSPS) is 20.0. The van der Waals surface area contributed by atoms with Crippen LogP contribution in [0.15, 0.2) is 48.5 Å². The standard InChI is InChI=1S/C23H30N3O2/c1-3-26(4-2)14-15-28-22(17-10-6-5-7-11-17)21-19-13-9-8-12-18(19)16-20(25-21)23(24)27/h5-7,9-13,20-22,25H,3-4,14-16H2,1-2H3,(H2,24,27). The molecule has 1 aliphatic heterocycles. The van der Waals surface area contributed by atoms with Crippen LogP contribution < -0.4 is 11.1 Å². The maximum Gasteiger partial charge on any atom is 0.234 e. The van der Waals surface area contributed by atoms with Gasteiger partial charge in [-0.05, 0) is 42.3 Å². The summed E-state index contributed by atoms with van der Waals surface area (Å²) < 4.78 is 6.42. The predicted molar refractivity (Wildman–Crippen MR) is 111 cm³/mol. The third-order valence-electron chi connectivity index (χ3n) is 5.50. The van der Waals surface area contributed by atoms with Crippen molar-refractivity contribution in [2.75, 3.05) is 26.2 Å². The highest BCUT2D eigenvalue weighted by Gasteiger charge is 2.35. The van der Waals surface area contributed by atoms with Crippen molar-refractivity contribution in [1.82, 2.24) is 10.2 Å². The number of rotatable bonds is 9. The highest BCUT2D eigenvalue weighted by atomic mass is 16.5. The van der Waals surface area contributed by atoms with Crippen LogP contribution in [-0.2, 0) is 16.0 Å². The number of nitrogens with one attached hydrogen (secondary N) is 1. The molecule has 3 atom stereocenters. The number of primary amides is 1. The largest absolute Gasteiger partial charge is 0.370 e. The van der Waals surface area contributed by atoms with Gasteiger partial charge in [-0.25, -0.2) is 0 Å². The summed E-state index contributed by atoms with van der Waals surface area (Å²) in [5, 5.41) is 3.45. The van der Waals surface area contributed by atoms with Crippen LogP contribution in [0.3, 0.4) is 0 Å². The first-order valence-electron chi connectivity index (χ1n) is 10.1. The summed E-state index contributed by atoms with van der Waals surface area (Å²) in [7, 11) is 0. The lowest BCUT2D eigenvalue weighted by Gasteiger charge is -2.37. The topological polar surface area (TPSA) is 67.6 Å². The average molecular weight is 381 g/mol. The molecule has 2 aromatic rings. The van der Waals surface area contributed by atoms with Gasteiger partial charge in [0, 0.05) is 6.54 Å². The summed E-state index contributed by atoms with van der Waals surface area (Å²) in [6, 6.07) is 18.7. The minimum Gasteiger partial charge on any atom is -0.370 e. The maximum atomic E-state index is 12.0. The van der Waals surface area contributed by atoms with Gasteiger partial charge in [-0.1, -0.05) is 62.4 Å². The summed E-state index contributed by atoms with van der Waals surface area (Å²) in [5.74, 6) is -0.338. The average Bonchev–Trinajstić information content (AvgIpc) is 2.74. The van der Waals surface area contributed by atoms with Crippen LogP contribution in [0.1, 0.15) is 42.7 Å². The number of carbonyl (C=O) groups is 1. The van der Waals surface area contributed by atoms with E-state index in [1.165, 1.54) is 0 Å². The lowest BCUT2D eigenvalue weighted by Crippen LogP contribution is -2.49. The first kappa shape index (κ1) is 20.5. The number of nitrogens with two attached hydrogens (primary N) is 1. The van der Waals surface area contributed by atoms with Crippen LogP contribution in [0.2, 0.25) is 0 Å². The van der Waals surface area contributed by atoms with Crippen molar-refractivity contribution in [2.24, 2.45) is 5.73 Å². The van der Waals surface area contributed by atoms with Gasteiger partial charge in [0.05, 0.1) is 18.7 Å². The molecule has 1 heterocycles. The molecule has 5 heteroatoms. The van der Waals surface area contributed by atoms with Crippen molar-refractivity contribution in [2.45, 2.75) is 38.5 Å². The Morgan fingerprint density at radius 3 is 2.71 bits per heavy atom. The van der Waals surface area contributed by atoms with Gasteiger partial charge in [0.25, 0.3) is 0 Å². The summed E-state index contributed by atoms with van der Waals surface area (Å²) in [6.45, 7) is 7.81. The molecule has 0 saturated carbocycles. The Kier molecular flexibility index (Phi) is 7.20. The third-order valence-corrected chi connectivity index (χ3v) is 5.50. The molecule has 1 radical (unpaired) electrons. The summed E-state index contributed by atoms with van der Waals surface area (Å²) in [4.78, 5) is 14.3. The third kappa shape index (κ3) is 4.79. The van der Waals surface area contributed by atoms with Crippen molar-refractivity contribution in [3.63, 3.8) is 0 Å². The van der Waals surface area contributed by atoms with Crippen LogP contribution in [0, 0.1) is 6.07 Å². The van der Waals surface area contributed by atoms with E-state index in [-0.39, 0.29) is 18.1 Å². The molecule has 0 fully saturated rings. The zero-order valence-electron chi connectivity index (χ0n) is 16.7. The fourth-order valence-corrected chi connectivity index (χ4v) is 3.85. The summed E-state index contributed by atoms with van der Waals surface area (Å²) >= 11 is 0. The molecule has 0 bridgehead atoms. The highest BCUT2D eigenvalue weighted by Crippen LogP contribution is 2.37. The van der Waals surface area contributed by atoms with Crippen molar-refractivity contribution in [1.29, 1.82) is 0 Å². The molecule has 1 aliphatic rings. The van der Waals surface area contributed by atoms with Crippen LogP contribution in [-0.4, -0.2) is 43.1 Å². The number of carbonyl (C=O) groups excluding carboxylic acids is 1. The monoisotopic (exact) mass is 380 g/mol. The molecular formula is C23H30N3O2. The van der Waals surface area contributed by atoms with Gasteiger partial charge in [-0.2, -0.15) is 0 Å². The second kappa shape index (κ2) is 9.82. The first-order chi connectivity index (χ1) is 13.6. The van der Waals surface area contributed by atoms with E-state index >= 15 is 0 Å². The van der Waals surface area contributed by atoms with E-state index in [9.17, 15) is 4.79 Å². The van der Waals surface area contributed by atoms with Gasteiger partial charge in [-0.15, -0.1) is 0 Å². The number of benzene rings is 2. The molecule has 2 aromatic carbocycles. The van der Waals surface area contributed by atoms with E-state index < -0.39 is 6.04 Å². The van der Waals surface area contributed by atoms with E-state index in [1.54, 1.807) is 0 Å². The zero-order valence-corrected chi connectivity index (χ0v) is 16.7. The zero-order chi connectivity index (χ0) is 19.9. The van der Waals surface area contributed by atoms with E-state index in [0.717, 1.165) is 36.3 Å². The maximum absolute atomic E-state index is 12.0. The lowest BCUT2D eigenvalue weighted by molar-refractivity contribution is -0.120. The van der Waals surface area contributed by atoms with Crippen molar-refractivity contribution in [3.8, 4) is 0 Å².